The molecule has 0 spiro atoms. The van der Waals surface area contributed by atoms with E-state index in [0.717, 1.165) is 30.6 Å². The smallest absolute Gasteiger partial charge is 0.340 e. The third-order valence-electron chi connectivity index (χ3n) is 6.10. The number of nitrogens with one attached hydrogen (secondary N) is 1. The molecule has 1 aromatic heterocycles. The molecule has 3 atom stereocenters. The second-order valence-corrected chi connectivity index (χ2v) is 9.89. The number of aliphatic imine (C=N–C) groups is 1. The van der Waals surface area contributed by atoms with Crippen LogP contribution in [-0.4, -0.2) is 62.4 Å². The maximum Gasteiger partial charge on any atom is 0.340 e. The van der Waals surface area contributed by atoms with Gasteiger partial charge >= 0.3 is 12.3 Å². The lowest BCUT2D eigenvalue weighted by Gasteiger charge is -2.32. The summed E-state index contributed by atoms with van der Waals surface area (Å²) in [6.45, 7) is -1.33. The van der Waals surface area contributed by atoms with Gasteiger partial charge in [-0.1, -0.05) is 11.8 Å². The Morgan fingerprint density at radius 2 is 2.00 bits per heavy atom. The fraction of sp³-hybridized carbons (Fsp3) is 0.429. The summed E-state index contributed by atoms with van der Waals surface area (Å²) < 4.78 is 97.2. The van der Waals surface area contributed by atoms with Crippen molar-refractivity contribution in [3.8, 4) is 5.88 Å². The van der Waals surface area contributed by atoms with Crippen molar-refractivity contribution in [2.45, 2.75) is 35.5 Å². The van der Waals surface area contributed by atoms with Crippen molar-refractivity contribution >= 4 is 28.5 Å². The van der Waals surface area contributed by atoms with Gasteiger partial charge in [0.25, 0.3) is 11.8 Å². The molecule has 1 aromatic carbocycles. The van der Waals surface area contributed by atoms with Crippen LogP contribution in [0.25, 0.3) is 0 Å². The number of nitrogens with two attached hydrogens (primary N) is 1. The van der Waals surface area contributed by atoms with Crippen LogP contribution in [0.4, 0.5) is 36.4 Å². The number of aromatic nitrogens is 2. The highest BCUT2D eigenvalue weighted by Gasteiger charge is 2.87. The van der Waals surface area contributed by atoms with Crippen molar-refractivity contribution in [2.24, 2.45) is 16.6 Å². The minimum absolute atomic E-state index is 0.0353. The van der Waals surface area contributed by atoms with Crippen molar-refractivity contribution in [1.82, 2.24) is 9.97 Å². The Bertz CT molecular complexity index is 1250. The number of carbonyl (C=O) groups excluding carboxylic acids is 1. The van der Waals surface area contributed by atoms with E-state index in [-0.39, 0.29) is 22.1 Å². The fourth-order valence-electron chi connectivity index (χ4n) is 4.24. The molecule has 1 amide bonds. The standard InChI is InChI=1S/C21H18F7N5O3S/c1-18(15-19(7-34,21(15,27)28)37-17(29)33-18)10-4-9(2-3-11(10)22)32-14(35)12-5-31-13(6-30-12)36-8-20(25,26)16(23)24/h2-6,15-16,34H,7-8H2,1H3,(H2,29,33)(H,32,35)/t15-,18-,19-/m1/s1. The maximum atomic E-state index is 14.8. The molecule has 4 N–H and O–H groups in total. The van der Waals surface area contributed by atoms with Crippen molar-refractivity contribution in [3.05, 3.63) is 47.7 Å². The Morgan fingerprint density at radius 3 is 2.59 bits per heavy atom. The van der Waals surface area contributed by atoms with Crippen LogP contribution in [0.3, 0.4) is 0 Å². The number of thioether (sulfide) groups is 1. The largest absolute Gasteiger partial charge is 0.470 e. The van der Waals surface area contributed by atoms with E-state index in [4.69, 9.17) is 5.73 Å². The first-order valence-corrected chi connectivity index (χ1v) is 11.2. The lowest BCUT2D eigenvalue weighted by atomic mass is 9.85. The fourth-order valence-corrected chi connectivity index (χ4v) is 5.61. The van der Waals surface area contributed by atoms with Crippen LogP contribution in [0.15, 0.2) is 35.6 Å². The Balaban J connectivity index is 1.53. The van der Waals surface area contributed by atoms with Crippen LogP contribution in [0, 0.1) is 11.7 Å². The molecular formula is C21H18F7N5O3S. The zero-order valence-electron chi connectivity index (χ0n) is 18.7. The van der Waals surface area contributed by atoms with Crippen LogP contribution in [0.2, 0.25) is 0 Å². The number of halogens is 7. The average molecular weight is 553 g/mol. The van der Waals surface area contributed by atoms with Gasteiger partial charge in [-0.2, -0.15) is 8.78 Å². The average Bonchev–Trinajstić information content (AvgIpc) is 3.34. The van der Waals surface area contributed by atoms with Gasteiger partial charge in [0.2, 0.25) is 5.88 Å². The summed E-state index contributed by atoms with van der Waals surface area (Å²) in [4.78, 5) is 23.8. The molecule has 1 aliphatic heterocycles. The first kappa shape index (κ1) is 26.9. The van der Waals surface area contributed by atoms with Gasteiger partial charge in [0.15, 0.2) is 11.8 Å². The molecule has 0 unspecified atom stereocenters. The summed E-state index contributed by atoms with van der Waals surface area (Å²) in [7, 11) is 0. The van der Waals surface area contributed by atoms with Gasteiger partial charge in [-0.05, 0) is 25.1 Å². The lowest BCUT2D eigenvalue weighted by Crippen LogP contribution is -2.37. The molecule has 200 valence electrons. The quantitative estimate of drug-likeness (QED) is 0.428. The highest BCUT2D eigenvalue weighted by molar-refractivity contribution is 8.15. The predicted molar refractivity (Wildman–Crippen MR) is 118 cm³/mol. The molecule has 4 rings (SSSR count). The first-order chi connectivity index (χ1) is 17.2. The zero-order chi connectivity index (χ0) is 27.4. The van der Waals surface area contributed by atoms with Crippen LogP contribution in [0.1, 0.15) is 23.0 Å². The zero-order valence-corrected chi connectivity index (χ0v) is 19.5. The third-order valence-corrected chi connectivity index (χ3v) is 7.40. The van der Waals surface area contributed by atoms with E-state index >= 15 is 0 Å². The number of nitrogens with zero attached hydrogens (tertiary/aromatic N) is 3. The van der Waals surface area contributed by atoms with Gasteiger partial charge in [-0.25, -0.2) is 31.9 Å². The normalized spacial score (nSPS) is 26.3. The molecule has 2 aromatic rings. The van der Waals surface area contributed by atoms with Crippen LogP contribution in [-0.2, 0) is 5.54 Å². The number of alkyl halides is 6. The molecule has 1 saturated carbocycles. The number of hydrogen-bond acceptors (Lipinski definition) is 8. The number of rotatable bonds is 8. The third kappa shape index (κ3) is 4.45. The summed E-state index contributed by atoms with van der Waals surface area (Å²) in [6, 6.07) is 3.16. The molecule has 8 nitrogen and oxygen atoms in total. The summed E-state index contributed by atoms with van der Waals surface area (Å²) in [5.41, 5.74) is 3.18. The lowest BCUT2D eigenvalue weighted by molar-refractivity contribution is -0.148. The van der Waals surface area contributed by atoms with Gasteiger partial charge in [0, 0.05) is 11.3 Å². The predicted octanol–water partition coefficient (Wildman–Crippen LogP) is 3.42. The number of carbonyl (C=O) groups is 1. The van der Waals surface area contributed by atoms with Crippen LogP contribution in [0.5, 0.6) is 5.88 Å². The highest BCUT2D eigenvalue weighted by atomic mass is 32.2. The molecule has 0 radical (unpaired) electrons. The van der Waals surface area contributed by atoms with E-state index in [0.29, 0.717) is 11.8 Å². The van der Waals surface area contributed by atoms with E-state index in [1.807, 2.05) is 0 Å². The summed E-state index contributed by atoms with van der Waals surface area (Å²) in [5.74, 6) is -11.7. The van der Waals surface area contributed by atoms with Crippen molar-refractivity contribution in [2.75, 3.05) is 18.5 Å². The molecule has 0 bridgehead atoms. The van der Waals surface area contributed by atoms with Gasteiger partial charge in [0.05, 0.1) is 30.5 Å². The Morgan fingerprint density at radius 1 is 1.30 bits per heavy atom. The second kappa shape index (κ2) is 9.01. The maximum absolute atomic E-state index is 14.8. The van der Waals surface area contributed by atoms with Gasteiger partial charge < -0.3 is 20.9 Å². The Hall–Kier alpha value is -3.14. The number of amidine groups is 1. The van der Waals surface area contributed by atoms with E-state index in [2.05, 4.69) is 25.0 Å². The number of hydrogen-bond donors (Lipinski definition) is 3. The summed E-state index contributed by atoms with van der Waals surface area (Å²) >= 11 is 0.523. The number of fused-ring (bicyclic) bond motifs is 1. The number of aliphatic hydroxyl groups is 1. The van der Waals surface area contributed by atoms with E-state index < -0.39 is 65.3 Å². The summed E-state index contributed by atoms with van der Waals surface area (Å²) in [6.07, 6.45) is -2.37. The van der Waals surface area contributed by atoms with Crippen molar-refractivity contribution in [1.29, 1.82) is 0 Å². The van der Waals surface area contributed by atoms with Gasteiger partial charge in [0.1, 0.15) is 16.3 Å². The summed E-state index contributed by atoms with van der Waals surface area (Å²) in [5, 5.41) is 11.8. The minimum Gasteiger partial charge on any atom is -0.470 e. The van der Waals surface area contributed by atoms with E-state index in [1.54, 1.807) is 0 Å². The SMILES string of the molecule is C[C@]1(c2cc(NC(=O)c3cnc(OCC(F)(F)C(F)F)cn3)ccc2F)N=C(N)S[C@]2(CO)[C@@H]1C2(F)F. The highest BCUT2D eigenvalue weighted by Crippen LogP contribution is 2.74. The molecule has 1 fully saturated rings. The minimum atomic E-state index is -4.42. The molecule has 16 heteroatoms. The second-order valence-electron chi connectivity index (χ2n) is 8.54. The number of ether oxygens (including phenoxy) is 1. The van der Waals surface area contributed by atoms with Crippen molar-refractivity contribution < 1.29 is 45.4 Å². The number of benzene rings is 1. The molecule has 1 aliphatic carbocycles. The molecule has 0 saturated heterocycles. The Labute approximate surface area is 208 Å². The van der Waals surface area contributed by atoms with E-state index in [1.165, 1.54) is 6.92 Å². The molecule has 2 heterocycles. The number of anilines is 1. The van der Waals surface area contributed by atoms with Crippen LogP contribution < -0.4 is 15.8 Å². The number of amides is 1. The number of aliphatic hydroxyl groups excluding tert-OH is 1. The molecular weight excluding hydrogens is 535 g/mol. The van der Waals surface area contributed by atoms with Gasteiger partial charge in [-0.3, -0.25) is 9.79 Å². The Kier molecular flexibility index (Phi) is 6.55. The topological polar surface area (TPSA) is 123 Å². The molecule has 37 heavy (non-hydrogen) atoms. The van der Waals surface area contributed by atoms with Gasteiger partial charge in [-0.15, -0.1) is 0 Å². The molecule has 2 aliphatic rings. The first-order valence-electron chi connectivity index (χ1n) is 10.4. The van der Waals surface area contributed by atoms with Crippen molar-refractivity contribution in [3.63, 3.8) is 0 Å². The van der Waals surface area contributed by atoms with Crippen LogP contribution >= 0.6 is 11.8 Å². The monoisotopic (exact) mass is 553 g/mol. The van der Waals surface area contributed by atoms with E-state index in [9.17, 15) is 40.6 Å².